The Balaban J connectivity index is 0. The zero-order chi connectivity index (χ0) is 0. The fourth-order valence-corrected chi connectivity index (χ4v) is 0. The van der Waals surface area contributed by atoms with Crippen molar-refractivity contribution < 1.29 is 87.5 Å². The van der Waals surface area contributed by atoms with Gasteiger partial charge in [0.2, 0.25) is 24.0 Å². The minimum atomic E-state index is 0. The van der Waals surface area contributed by atoms with Crippen molar-refractivity contribution in [2.75, 3.05) is 0 Å². The van der Waals surface area contributed by atoms with E-state index < -0.39 is 0 Å². The van der Waals surface area contributed by atoms with Crippen LogP contribution in [0.4, 0.5) is 0 Å². The van der Waals surface area contributed by atoms with E-state index in [0.717, 1.165) is 0 Å². The number of hydrogen-bond donors (Lipinski definition) is 0. The quantitative estimate of drug-likeness (QED) is 0.308. The molecule has 0 radical (unpaired) electrons. The average Bonchev–Trinajstić information content (AvgIpc) is 0. The van der Waals surface area contributed by atoms with Gasteiger partial charge in [-0.25, -0.2) is 0 Å². The molecule has 0 aromatic carbocycles. The van der Waals surface area contributed by atoms with Crippen molar-refractivity contribution in [3.63, 3.8) is 0 Å². The molecule has 24 valence electrons. The molecular weight excluding hydrogens is 310 g/mol. The molecule has 0 saturated carbocycles. The molecule has 0 spiro atoms. The summed E-state index contributed by atoms with van der Waals surface area (Å²) in [7, 11) is 0. The maximum Gasteiger partial charge on any atom is 1.00 e. The van der Waals surface area contributed by atoms with Crippen LogP contribution in [0.3, 0.4) is 0 Å². The van der Waals surface area contributed by atoms with Gasteiger partial charge in [0.05, 0.1) is 0 Å². The second-order valence-corrected chi connectivity index (χ2v) is 0. The predicted molar refractivity (Wildman–Crippen MR) is 2.79 cm³/mol. The van der Waals surface area contributed by atoms with E-state index in [0.29, 0.717) is 0 Å². The van der Waals surface area contributed by atoms with E-state index in [4.69, 9.17) is 0 Å². The minimum Gasteiger partial charge on any atom is -1.00 e. The molecule has 0 aliphatic heterocycles. The first-order valence-corrected chi connectivity index (χ1v) is 0. The Morgan fingerprint density at radius 2 is 0.750 bits per heavy atom. The molecule has 0 nitrogen and oxygen atoms in total. The molecule has 4 heavy (non-hydrogen) atoms. The standard InChI is InChI=1S/2BrH.H2I.Na/h2*1H;1H2;/q;;2*+1/p-2. The fourth-order valence-electron chi connectivity index (χ4n) is 0. The van der Waals surface area contributed by atoms with Gasteiger partial charge in [-0.15, -0.1) is 0 Å². The Morgan fingerprint density at radius 1 is 0.750 bits per heavy atom. The van der Waals surface area contributed by atoms with E-state index in [-0.39, 0.29) is 87.5 Å². The van der Waals surface area contributed by atoms with Crippen LogP contribution < -0.4 is 87.5 Å². The molecule has 0 rings (SSSR count). The zero-order valence-corrected chi connectivity index (χ0v) is 9.93. The van der Waals surface area contributed by atoms with Crippen molar-refractivity contribution in [3.05, 3.63) is 0 Å². The maximum atomic E-state index is 0. The van der Waals surface area contributed by atoms with Crippen LogP contribution >= 0.6 is 0 Å². The monoisotopic (exact) mass is 310 g/mol. The van der Waals surface area contributed by atoms with E-state index in [1.165, 1.54) is 0 Å². The molecule has 0 N–H and O–H groups in total. The second-order valence-electron chi connectivity index (χ2n) is 0. The molecule has 0 bridgehead atoms. The molecule has 4 heteroatoms. The summed E-state index contributed by atoms with van der Waals surface area (Å²) in [5.74, 6) is 0. The molecule has 0 heterocycles. The van der Waals surface area contributed by atoms with E-state index in [2.05, 4.69) is 0 Å². The van der Waals surface area contributed by atoms with Gasteiger partial charge in [0.1, 0.15) is 0 Å². The SMILES string of the molecule is [Br-].[Br-].[IH2+].[Na+]. The molecular formula is H2Br2INa. The summed E-state index contributed by atoms with van der Waals surface area (Å²) in [5.41, 5.74) is 0. The smallest absolute Gasteiger partial charge is 1.00 e. The Kier molecular flexibility index (Phi) is 129. The Bertz CT molecular complexity index is 6.00. The number of halogens is 3. The molecule has 0 aromatic rings. The van der Waals surface area contributed by atoms with Gasteiger partial charge >= 0.3 is 29.6 Å². The largest absolute Gasteiger partial charge is 1.00 e. The molecule has 0 fully saturated rings. The molecule has 0 aliphatic rings. The van der Waals surface area contributed by atoms with Gasteiger partial charge in [0, 0.05) is 0 Å². The Labute approximate surface area is 86.0 Å². The van der Waals surface area contributed by atoms with Crippen LogP contribution in [0, 0.1) is 0 Å². The molecule has 0 amide bonds. The zero-order valence-electron chi connectivity index (χ0n) is 2.20. The van der Waals surface area contributed by atoms with Crippen molar-refractivity contribution in [1.29, 1.82) is 0 Å². The van der Waals surface area contributed by atoms with E-state index >= 15 is 0 Å². The van der Waals surface area contributed by atoms with Crippen LogP contribution in [0.1, 0.15) is 0 Å². The van der Waals surface area contributed by atoms with Crippen molar-refractivity contribution in [3.8, 4) is 0 Å². The maximum absolute atomic E-state index is 0. The molecule has 0 atom stereocenters. The third-order valence-corrected chi connectivity index (χ3v) is 0. The van der Waals surface area contributed by atoms with Crippen molar-refractivity contribution >= 4 is 0 Å². The van der Waals surface area contributed by atoms with Crippen LogP contribution in [-0.2, 0) is 0 Å². The number of rotatable bonds is 0. The van der Waals surface area contributed by atoms with Crippen LogP contribution in [0.15, 0.2) is 0 Å². The van der Waals surface area contributed by atoms with Crippen LogP contribution in [0.5, 0.6) is 0 Å². The summed E-state index contributed by atoms with van der Waals surface area (Å²) in [6.45, 7) is 0. The third-order valence-electron chi connectivity index (χ3n) is 0. The van der Waals surface area contributed by atoms with Gasteiger partial charge in [-0.2, -0.15) is 0 Å². The fraction of sp³-hybridized carbons (Fsp3) is 0. The average molecular weight is 312 g/mol. The van der Waals surface area contributed by atoms with E-state index in [1.54, 1.807) is 0 Å². The summed E-state index contributed by atoms with van der Waals surface area (Å²) >= 11 is 0. The van der Waals surface area contributed by atoms with Gasteiger partial charge in [0.15, 0.2) is 0 Å². The normalized spacial score (nSPS) is 0. The van der Waals surface area contributed by atoms with Gasteiger partial charge in [0.25, 0.3) is 0 Å². The van der Waals surface area contributed by atoms with Crippen molar-refractivity contribution in [2.24, 2.45) is 0 Å². The van der Waals surface area contributed by atoms with Crippen LogP contribution in [-0.4, -0.2) is 0 Å². The first-order chi connectivity index (χ1) is 0. The van der Waals surface area contributed by atoms with Gasteiger partial charge in [-0.1, -0.05) is 0 Å². The summed E-state index contributed by atoms with van der Waals surface area (Å²) in [4.78, 5) is 0. The third kappa shape index (κ3) is 8.83. The van der Waals surface area contributed by atoms with Crippen molar-refractivity contribution in [2.45, 2.75) is 0 Å². The van der Waals surface area contributed by atoms with Gasteiger partial charge in [-0.05, 0) is 0 Å². The van der Waals surface area contributed by atoms with Crippen LogP contribution in [0.2, 0.25) is 0 Å². The predicted octanol–water partition coefficient (Wildman–Crippen LogP) is -12.5. The summed E-state index contributed by atoms with van der Waals surface area (Å²) in [6.07, 6.45) is 0. The second kappa shape index (κ2) is 17.3. The topological polar surface area (TPSA) is 0 Å². The molecule has 0 aliphatic carbocycles. The van der Waals surface area contributed by atoms with Crippen LogP contribution in [0.25, 0.3) is 0 Å². The van der Waals surface area contributed by atoms with Gasteiger partial charge in [-0.3, -0.25) is 0 Å². The molecule has 0 aromatic heterocycles. The molecule has 0 saturated heterocycles. The first kappa shape index (κ1) is 29.9. The number of hydrogen-bond acceptors (Lipinski definition) is 0. The molecule has 0 unspecified atom stereocenters. The summed E-state index contributed by atoms with van der Waals surface area (Å²) < 4.78 is 0. The van der Waals surface area contributed by atoms with E-state index in [1.807, 2.05) is 0 Å². The first-order valence-electron chi connectivity index (χ1n) is 0. The summed E-state index contributed by atoms with van der Waals surface area (Å²) in [5, 5.41) is 0. The van der Waals surface area contributed by atoms with E-state index in [9.17, 15) is 0 Å². The minimum absolute atomic E-state index is 0. The Hall–Kier alpha value is 2.69. The Morgan fingerprint density at radius 3 is 0.750 bits per heavy atom. The van der Waals surface area contributed by atoms with Gasteiger partial charge < -0.3 is 34.0 Å². The summed E-state index contributed by atoms with van der Waals surface area (Å²) in [6, 6.07) is 0. The van der Waals surface area contributed by atoms with Crippen molar-refractivity contribution in [1.82, 2.24) is 0 Å².